The molecule has 1 amide bonds. The number of aldehydes is 1. The molecule has 29 heavy (non-hydrogen) atoms. The summed E-state index contributed by atoms with van der Waals surface area (Å²) >= 11 is 0. The second-order valence-electron chi connectivity index (χ2n) is 5.38. The number of amides is 1. The summed E-state index contributed by atoms with van der Waals surface area (Å²) in [4.78, 5) is 35.7. The molecule has 8 nitrogen and oxygen atoms in total. The van der Waals surface area contributed by atoms with Crippen molar-refractivity contribution in [3.05, 3.63) is 47.5 Å². The van der Waals surface area contributed by atoms with Crippen LogP contribution >= 0.6 is 0 Å². The van der Waals surface area contributed by atoms with Crippen molar-refractivity contribution in [2.24, 2.45) is 0 Å². The van der Waals surface area contributed by atoms with Gasteiger partial charge in [0, 0.05) is 5.56 Å². The van der Waals surface area contributed by atoms with E-state index in [4.69, 9.17) is 14.2 Å². The summed E-state index contributed by atoms with van der Waals surface area (Å²) in [5.41, 5.74) is -0.263. The zero-order valence-corrected chi connectivity index (χ0v) is 15.4. The van der Waals surface area contributed by atoms with Gasteiger partial charge in [-0.05, 0) is 24.3 Å². The lowest BCUT2D eigenvalue weighted by molar-refractivity contribution is -0.119. The van der Waals surface area contributed by atoms with E-state index < -0.39 is 25.1 Å². The Hall–Kier alpha value is -3.69. The van der Waals surface area contributed by atoms with E-state index in [1.807, 2.05) is 0 Å². The fraction of sp³-hybridized carbons (Fsp3) is 0.211. The van der Waals surface area contributed by atoms with Gasteiger partial charge in [0.1, 0.15) is 11.3 Å². The van der Waals surface area contributed by atoms with Gasteiger partial charge in [-0.3, -0.25) is 9.59 Å². The number of nitrogens with one attached hydrogen (secondary N) is 1. The molecule has 2 aromatic rings. The SMILES string of the molecule is COc1ccc(C=O)c(C(=O)OCC(=O)Nc2ccccc2OC(F)F)c1OC. The molecule has 10 heteroatoms. The minimum atomic E-state index is -3.08. The third kappa shape index (κ3) is 5.41. The van der Waals surface area contributed by atoms with Crippen LogP contribution < -0.4 is 19.5 Å². The number of ether oxygens (including phenoxy) is 4. The summed E-state index contributed by atoms with van der Waals surface area (Å²) in [6.45, 7) is -3.83. The Morgan fingerprint density at radius 1 is 1.07 bits per heavy atom. The summed E-state index contributed by atoms with van der Waals surface area (Å²) in [5, 5.41) is 2.30. The lowest BCUT2D eigenvalue weighted by atomic mass is 10.1. The van der Waals surface area contributed by atoms with Crippen molar-refractivity contribution in [3.63, 3.8) is 0 Å². The van der Waals surface area contributed by atoms with E-state index >= 15 is 0 Å². The van der Waals surface area contributed by atoms with E-state index in [9.17, 15) is 23.2 Å². The molecular weight excluding hydrogens is 392 g/mol. The number of carbonyl (C=O) groups excluding carboxylic acids is 3. The van der Waals surface area contributed by atoms with Gasteiger partial charge in [-0.25, -0.2) is 4.79 Å². The van der Waals surface area contributed by atoms with Gasteiger partial charge in [0.15, 0.2) is 24.4 Å². The molecule has 0 fully saturated rings. The van der Waals surface area contributed by atoms with E-state index in [1.165, 1.54) is 50.6 Å². The van der Waals surface area contributed by atoms with Crippen molar-refractivity contribution in [2.75, 3.05) is 26.1 Å². The van der Waals surface area contributed by atoms with Crippen molar-refractivity contribution < 1.29 is 42.1 Å². The van der Waals surface area contributed by atoms with Crippen LogP contribution in [0.15, 0.2) is 36.4 Å². The monoisotopic (exact) mass is 409 g/mol. The maximum absolute atomic E-state index is 12.4. The van der Waals surface area contributed by atoms with Gasteiger partial charge in [0.25, 0.3) is 5.91 Å². The van der Waals surface area contributed by atoms with Crippen LogP contribution in [0.4, 0.5) is 14.5 Å². The number of hydrogen-bond acceptors (Lipinski definition) is 7. The van der Waals surface area contributed by atoms with E-state index in [2.05, 4.69) is 10.1 Å². The molecule has 0 aliphatic rings. The van der Waals surface area contributed by atoms with Gasteiger partial charge >= 0.3 is 12.6 Å². The minimum absolute atomic E-state index is 0.0243. The molecule has 1 N–H and O–H groups in total. The number of para-hydroxylation sites is 2. The van der Waals surface area contributed by atoms with Gasteiger partial charge in [-0.15, -0.1) is 0 Å². The topological polar surface area (TPSA) is 100 Å². The van der Waals surface area contributed by atoms with Crippen molar-refractivity contribution in [1.29, 1.82) is 0 Å². The van der Waals surface area contributed by atoms with Crippen LogP contribution in [0.3, 0.4) is 0 Å². The smallest absolute Gasteiger partial charge is 0.387 e. The predicted octanol–water partition coefficient (Wildman–Crippen LogP) is 2.91. The fourth-order valence-electron chi connectivity index (χ4n) is 2.41. The highest BCUT2D eigenvalue weighted by atomic mass is 19.3. The Kier molecular flexibility index (Phi) is 7.47. The van der Waals surface area contributed by atoms with Gasteiger partial charge in [0.2, 0.25) is 0 Å². The molecule has 2 rings (SSSR count). The molecule has 0 saturated heterocycles. The molecular formula is C19H17F2NO7. The molecule has 0 aliphatic carbocycles. The zero-order valence-electron chi connectivity index (χ0n) is 15.4. The van der Waals surface area contributed by atoms with Crippen molar-refractivity contribution in [1.82, 2.24) is 0 Å². The number of anilines is 1. The largest absolute Gasteiger partial charge is 0.493 e. The number of alkyl halides is 2. The molecule has 0 spiro atoms. The fourth-order valence-corrected chi connectivity index (χ4v) is 2.41. The van der Waals surface area contributed by atoms with Gasteiger partial charge in [0.05, 0.1) is 19.9 Å². The molecule has 2 aromatic carbocycles. The summed E-state index contributed by atoms with van der Waals surface area (Å²) in [5.74, 6) is -1.90. The average Bonchev–Trinajstić information content (AvgIpc) is 2.71. The number of methoxy groups -OCH3 is 2. The summed E-state index contributed by atoms with van der Waals surface area (Å²) in [7, 11) is 2.62. The number of rotatable bonds is 9. The second kappa shape index (κ2) is 10.0. The predicted molar refractivity (Wildman–Crippen MR) is 96.9 cm³/mol. The zero-order chi connectivity index (χ0) is 21.4. The van der Waals surface area contributed by atoms with Crippen LogP contribution in [0.25, 0.3) is 0 Å². The number of carbonyl (C=O) groups is 3. The molecule has 0 saturated carbocycles. The first kappa shape index (κ1) is 21.6. The Morgan fingerprint density at radius 2 is 1.79 bits per heavy atom. The van der Waals surface area contributed by atoms with E-state index in [0.29, 0.717) is 6.29 Å². The summed E-state index contributed by atoms with van der Waals surface area (Å²) < 4.78 is 44.3. The maximum Gasteiger partial charge on any atom is 0.387 e. The number of hydrogen-bond donors (Lipinski definition) is 1. The van der Waals surface area contributed by atoms with E-state index in [1.54, 1.807) is 0 Å². The highest BCUT2D eigenvalue weighted by Gasteiger charge is 2.23. The molecule has 0 radical (unpaired) electrons. The van der Waals surface area contributed by atoms with Crippen molar-refractivity contribution >= 4 is 23.9 Å². The van der Waals surface area contributed by atoms with Gasteiger partial charge in [-0.2, -0.15) is 8.78 Å². The third-order valence-corrected chi connectivity index (χ3v) is 3.62. The van der Waals surface area contributed by atoms with Gasteiger partial charge in [-0.1, -0.05) is 12.1 Å². The number of benzene rings is 2. The van der Waals surface area contributed by atoms with Crippen LogP contribution in [0.1, 0.15) is 20.7 Å². The molecule has 0 atom stereocenters. The van der Waals surface area contributed by atoms with Crippen LogP contribution in [0.5, 0.6) is 17.2 Å². The first-order chi connectivity index (χ1) is 13.9. The normalized spacial score (nSPS) is 10.2. The molecule has 0 bridgehead atoms. The molecule has 0 aromatic heterocycles. The van der Waals surface area contributed by atoms with Crippen LogP contribution in [0.2, 0.25) is 0 Å². The second-order valence-corrected chi connectivity index (χ2v) is 5.38. The summed E-state index contributed by atoms with van der Waals surface area (Å²) in [6.07, 6.45) is 0.427. The average molecular weight is 409 g/mol. The van der Waals surface area contributed by atoms with Crippen LogP contribution in [-0.4, -0.2) is 45.6 Å². The molecule has 154 valence electrons. The van der Waals surface area contributed by atoms with Crippen LogP contribution in [-0.2, 0) is 9.53 Å². The quantitative estimate of drug-likeness (QED) is 0.502. The lowest BCUT2D eigenvalue weighted by Gasteiger charge is -2.14. The highest BCUT2D eigenvalue weighted by Crippen LogP contribution is 2.33. The first-order valence-electron chi connectivity index (χ1n) is 8.12. The number of halogens is 2. The highest BCUT2D eigenvalue weighted by molar-refractivity contribution is 6.03. The Labute approximate surface area is 164 Å². The number of esters is 1. The minimum Gasteiger partial charge on any atom is -0.493 e. The maximum atomic E-state index is 12.4. The molecule has 0 unspecified atom stereocenters. The lowest BCUT2D eigenvalue weighted by Crippen LogP contribution is -2.22. The summed E-state index contributed by atoms with van der Waals surface area (Å²) in [6, 6.07) is 8.30. The third-order valence-electron chi connectivity index (χ3n) is 3.62. The Bertz CT molecular complexity index is 902. The van der Waals surface area contributed by atoms with Crippen molar-refractivity contribution in [2.45, 2.75) is 6.61 Å². The Morgan fingerprint density at radius 3 is 2.41 bits per heavy atom. The van der Waals surface area contributed by atoms with Crippen LogP contribution in [0, 0.1) is 0 Å². The van der Waals surface area contributed by atoms with Crippen molar-refractivity contribution in [3.8, 4) is 17.2 Å². The van der Waals surface area contributed by atoms with E-state index in [-0.39, 0.29) is 34.1 Å². The van der Waals surface area contributed by atoms with E-state index in [0.717, 1.165) is 0 Å². The molecule has 0 aliphatic heterocycles. The Balaban J connectivity index is 2.12. The first-order valence-corrected chi connectivity index (χ1v) is 8.12. The van der Waals surface area contributed by atoms with Gasteiger partial charge < -0.3 is 24.3 Å². The molecule has 0 heterocycles. The standard InChI is InChI=1S/C19H17F2NO7/c1-26-14-8-7-11(9-23)16(17(14)27-2)18(25)28-10-15(24)22-12-5-3-4-6-13(12)29-19(20)21/h3-9,19H,10H2,1-2H3,(H,22,24).